The summed E-state index contributed by atoms with van der Waals surface area (Å²) in [4.78, 5) is 0.264. The fourth-order valence-corrected chi connectivity index (χ4v) is 2.12. The van der Waals surface area contributed by atoms with Crippen LogP contribution in [0.4, 0.5) is 5.69 Å². The third-order valence-corrected chi connectivity index (χ3v) is 3.03. The lowest BCUT2D eigenvalue weighted by molar-refractivity contribution is 0.537. The molecule has 0 fully saturated rings. The number of nitrogens with two attached hydrogens (primary N) is 1. The molecule has 1 unspecified atom stereocenters. The molecule has 2 rings (SSSR count). The number of hydrogen-bond donors (Lipinski definition) is 1. The Hall–Kier alpha value is -1.65. The van der Waals surface area contributed by atoms with Crippen LogP contribution < -0.4 is 5.73 Å². The van der Waals surface area contributed by atoms with Crippen LogP contribution >= 0.6 is 0 Å². The molecule has 82 valence electrons. The summed E-state index contributed by atoms with van der Waals surface area (Å²) in [5.74, 6) is 0. The van der Waals surface area contributed by atoms with Gasteiger partial charge in [-0.05, 0) is 28.8 Å². The van der Waals surface area contributed by atoms with Crippen LogP contribution in [-0.2, 0) is 11.1 Å². The number of para-hydroxylation sites is 1. The van der Waals surface area contributed by atoms with E-state index >= 15 is 0 Å². The molecule has 1 atom stereocenters. The van der Waals surface area contributed by atoms with Gasteiger partial charge in [0.05, 0.1) is 0 Å². The fourth-order valence-electron chi connectivity index (χ4n) is 1.58. The minimum absolute atomic E-state index is 0.264. The first-order valence-electron chi connectivity index (χ1n) is 4.73. The predicted molar refractivity (Wildman–Crippen MR) is 63.5 cm³/mol. The second-order valence-corrected chi connectivity index (χ2v) is 4.23. The average Bonchev–Trinajstić information content (AvgIpc) is 2.29. The van der Waals surface area contributed by atoms with Crippen LogP contribution in [0.5, 0.6) is 0 Å². The summed E-state index contributed by atoms with van der Waals surface area (Å²) in [7, 11) is 0. The largest absolute Gasteiger partial charge is 0.768 e. The van der Waals surface area contributed by atoms with Gasteiger partial charge in [0.15, 0.2) is 0 Å². The van der Waals surface area contributed by atoms with Crippen molar-refractivity contribution in [2.45, 2.75) is 4.90 Å². The van der Waals surface area contributed by atoms with Crippen molar-refractivity contribution in [1.29, 1.82) is 0 Å². The third-order valence-electron chi connectivity index (χ3n) is 2.32. The topological polar surface area (TPSA) is 66.2 Å². The molecule has 0 saturated heterocycles. The van der Waals surface area contributed by atoms with E-state index in [2.05, 4.69) is 0 Å². The quantitative estimate of drug-likeness (QED) is 0.637. The van der Waals surface area contributed by atoms with Crippen molar-refractivity contribution in [3.8, 4) is 11.1 Å². The summed E-state index contributed by atoms with van der Waals surface area (Å²) in [6.45, 7) is 0. The highest BCUT2D eigenvalue weighted by Gasteiger charge is 2.06. The van der Waals surface area contributed by atoms with Crippen molar-refractivity contribution in [3.05, 3.63) is 48.5 Å². The third kappa shape index (κ3) is 1.98. The van der Waals surface area contributed by atoms with Gasteiger partial charge in [0.25, 0.3) is 0 Å². The number of hydrogen-bond acceptors (Lipinski definition) is 3. The average molecular weight is 232 g/mol. The molecule has 0 aliphatic carbocycles. The van der Waals surface area contributed by atoms with Gasteiger partial charge in [-0.25, -0.2) is 0 Å². The minimum Gasteiger partial charge on any atom is -0.768 e. The zero-order valence-corrected chi connectivity index (χ0v) is 9.24. The maximum absolute atomic E-state index is 11.1. The minimum atomic E-state index is -2.25. The van der Waals surface area contributed by atoms with Gasteiger partial charge in [-0.2, -0.15) is 0 Å². The second-order valence-electron chi connectivity index (χ2n) is 3.32. The fraction of sp³-hybridized carbons (Fsp3) is 0. The number of nitrogen functional groups attached to an aromatic ring is 1. The molecule has 0 bridgehead atoms. The van der Waals surface area contributed by atoms with Gasteiger partial charge in [-0.15, -0.1) is 0 Å². The molecule has 2 aromatic rings. The molecule has 0 aliphatic rings. The zero-order chi connectivity index (χ0) is 11.5. The monoisotopic (exact) mass is 232 g/mol. The number of benzene rings is 2. The maximum atomic E-state index is 11.1. The van der Waals surface area contributed by atoms with Crippen LogP contribution in [0.2, 0.25) is 0 Å². The van der Waals surface area contributed by atoms with Crippen molar-refractivity contribution < 1.29 is 8.76 Å². The first-order valence-corrected chi connectivity index (χ1v) is 5.81. The number of anilines is 1. The Kier molecular flexibility index (Phi) is 3.03. The van der Waals surface area contributed by atoms with Crippen molar-refractivity contribution >= 4 is 16.8 Å². The summed E-state index contributed by atoms with van der Waals surface area (Å²) in [6.07, 6.45) is 0. The SMILES string of the molecule is Nc1ccccc1-c1ccccc1S(=O)[O-]. The van der Waals surface area contributed by atoms with Gasteiger partial charge < -0.3 is 10.3 Å². The van der Waals surface area contributed by atoms with E-state index in [1.807, 2.05) is 12.1 Å². The van der Waals surface area contributed by atoms with Gasteiger partial charge in [0.2, 0.25) is 0 Å². The Balaban J connectivity index is 2.65. The molecule has 2 N–H and O–H groups in total. The molecular formula is C12H10NO2S-. The molecule has 2 aromatic carbocycles. The lowest BCUT2D eigenvalue weighted by Crippen LogP contribution is -1.95. The Labute approximate surface area is 96.2 Å². The molecular weight excluding hydrogens is 222 g/mol. The molecule has 0 heterocycles. The van der Waals surface area contributed by atoms with Crippen molar-refractivity contribution in [1.82, 2.24) is 0 Å². The molecule has 0 radical (unpaired) electrons. The van der Waals surface area contributed by atoms with E-state index < -0.39 is 11.1 Å². The van der Waals surface area contributed by atoms with Crippen LogP contribution in [0.3, 0.4) is 0 Å². The van der Waals surface area contributed by atoms with E-state index in [4.69, 9.17) is 5.73 Å². The summed E-state index contributed by atoms with van der Waals surface area (Å²) in [5, 5.41) is 0. The molecule has 3 nitrogen and oxygen atoms in total. The molecule has 0 aromatic heterocycles. The molecule has 0 spiro atoms. The van der Waals surface area contributed by atoms with Gasteiger partial charge >= 0.3 is 0 Å². The van der Waals surface area contributed by atoms with Gasteiger partial charge in [0, 0.05) is 16.1 Å². The first kappa shape index (κ1) is 10.9. The van der Waals surface area contributed by atoms with E-state index in [0.29, 0.717) is 11.3 Å². The highest BCUT2D eigenvalue weighted by Crippen LogP contribution is 2.29. The summed E-state index contributed by atoms with van der Waals surface area (Å²) < 4.78 is 22.1. The predicted octanol–water partition coefficient (Wildman–Crippen LogP) is 2.17. The Bertz CT molecular complexity index is 540. The zero-order valence-electron chi connectivity index (χ0n) is 8.42. The van der Waals surface area contributed by atoms with Crippen LogP contribution in [0.25, 0.3) is 11.1 Å². The van der Waals surface area contributed by atoms with E-state index in [0.717, 1.165) is 5.56 Å². The molecule has 0 aliphatic heterocycles. The highest BCUT2D eigenvalue weighted by atomic mass is 32.2. The molecule has 16 heavy (non-hydrogen) atoms. The van der Waals surface area contributed by atoms with Crippen LogP contribution in [0, 0.1) is 0 Å². The molecule has 0 saturated carbocycles. The van der Waals surface area contributed by atoms with Gasteiger partial charge in [0.1, 0.15) is 0 Å². The first-order chi connectivity index (χ1) is 7.70. The Morgan fingerprint density at radius 2 is 1.50 bits per heavy atom. The summed E-state index contributed by atoms with van der Waals surface area (Å²) >= 11 is -2.25. The summed E-state index contributed by atoms with van der Waals surface area (Å²) in [5.41, 5.74) is 7.76. The second kappa shape index (κ2) is 4.47. The lowest BCUT2D eigenvalue weighted by Gasteiger charge is -2.13. The smallest absolute Gasteiger partial charge is 0.0394 e. The van der Waals surface area contributed by atoms with Crippen LogP contribution in [-0.4, -0.2) is 8.76 Å². The van der Waals surface area contributed by atoms with Gasteiger partial charge in [-0.3, -0.25) is 4.21 Å². The standard InChI is InChI=1S/C12H11NO2S/c13-11-7-3-1-5-9(11)10-6-2-4-8-12(10)16(14)15/h1-8H,13H2,(H,14,15)/p-1. The van der Waals surface area contributed by atoms with Crippen LogP contribution in [0.15, 0.2) is 53.4 Å². The van der Waals surface area contributed by atoms with E-state index in [1.54, 1.807) is 36.4 Å². The van der Waals surface area contributed by atoms with E-state index in [-0.39, 0.29) is 4.90 Å². The van der Waals surface area contributed by atoms with Crippen molar-refractivity contribution in [3.63, 3.8) is 0 Å². The van der Waals surface area contributed by atoms with E-state index in [9.17, 15) is 8.76 Å². The normalized spacial score (nSPS) is 12.3. The van der Waals surface area contributed by atoms with Crippen molar-refractivity contribution in [2.24, 2.45) is 0 Å². The molecule has 4 heteroatoms. The number of rotatable bonds is 2. The maximum Gasteiger partial charge on any atom is 0.0394 e. The summed E-state index contributed by atoms with van der Waals surface area (Å²) in [6, 6.07) is 14.0. The van der Waals surface area contributed by atoms with Crippen LogP contribution in [0.1, 0.15) is 0 Å². The van der Waals surface area contributed by atoms with Gasteiger partial charge in [-0.1, -0.05) is 36.4 Å². The lowest BCUT2D eigenvalue weighted by atomic mass is 10.0. The highest BCUT2D eigenvalue weighted by molar-refractivity contribution is 7.79. The Morgan fingerprint density at radius 1 is 0.938 bits per heavy atom. The Morgan fingerprint density at radius 3 is 2.12 bits per heavy atom. The van der Waals surface area contributed by atoms with Crippen molar-refractivity contribution in [2.75, 3.05) is 5.73 Å². The molecule has 0 amide bonds. The van der Waals surface area contributed by atoms with E-state index in [1.165, 1.54) is 0 Å².